The Morgan fingerprint density at radius 2 is 1.52 bits per heavy atom. The van der Waals surface area contributed by atoms with Crippen LogP contribution in [-0.2, 0) is 14.4 Å². The molecule has 2 saturated heterocycles. The molecule has 1 aromatic rings. The molecule has 3 aliphatic rings. The molecule has 4 atom stereocenters. The summed E-state index contributed by atoms with van der Waals surface area (Å²) in [5.74, 6) is -2.77. The van der Waals surface area contributed by atoms with Crippen molar-refractivity contribution < 1.29 is 23.2 Å². The van der Waals surface area contributed by atoms with Crippen molar-refractivity contribution in [1.29, 1.82) is 0 Å². The Kier molecular flexibility index (Phi) is 9.62. The first kappa shape index (κ1) is 34.3. The van der Waals surface area contributed by atoms with Gasteiger partial charge in [-0.3, -0.25) is 19.3 Å². The van der Waals surface area contributed by atoms with Crippen molar-refractivity contribution >= 4 is 17.7 Å². The minimum absolute atomic E-state index is 0.0450. The van der Waals surface area contributed by atoms with Crippen LogP contribution in [0.5, 0.6) is 0 Å². The van der Waals surface area contributed by atoms with Crippen LogP contribution in [0.2, 0.25) is 0 Å². The number of benzene rings is 1. The van der Waals surface area contributed by atoms with Crippen molar-refractivity contribution in [3.8, 4) is 0 Å². The van der Waals surface area contributed by atoms with Gasteiger partial charge in [-0.05, 0) is 69.9 Å². The molecule has 0 N–H and O–H groups in total. The predicted molar refractivity (Wildman–Crippen MR) is 169 cm³/mol. The van der Waals surface area contributed by atoms with Gasteiger partial charge in [-0.15, -0.1) is 0 Å². The maximum absolute atomic E-state index is 15.2. The van der Waals surface area contributed by atoms with E-state index in [1.165, 1.54) is 17.0 Å². The van der Waals surface area contributed by atoms with Crippen LogP contribution in [0.4, 0.5) is 8.78 Å². The lowest BCUT2D eigenvalue weighted by molar-refractivity contribution is -0.147. The summed E-state index contributed by atoms with van der Waals surface area (Å²) in [6.07, 6.45) is 4.17. The zero-order valence-corrected chi connectivity index (χ0v) is 28.5. The van der Waals surface area contributed by atoms with Gasteiger partial charge in [-0.1, -0.05) is 40.7 Å². The topological polar surface area (TPSA) is 64.2 Å². The van der Waals surface area contributed by atoms with Gasteiger partial charge in [0.15, 0.2) is 0 Å². The fraction of sp³-hybridized carbons (Fsp3) is 0.743. The predicted octanol–water partition coefficient (Wildman–Crippen LogP) is 5.68. The molecule has 4 rings (SSSR count). The quantitative estimate of drug-likeness (QED) is 0.427. The first-order valence-electron chi connectivity index (χ1n) is 16.3. The molecule has 0 bridgehead atoms. The molecule has 9 heteroatoms. The molecule has 3 fully saturated rings. The largest absolute Gasteiger partial charge is 0.347 e. The smallest absolute Gasteiger partial charge is 0.244 e. The average Bonchev–Trinajstić information content (AvgIpc) is 3.54. The van der Waals surface area contributed by atoms with E-state index in [-0.39, 0.29) is 47.3 Å². The summed E-state index contributed by atoms with van der Waals surface area (Å²) in [6.45, 7) is 17.6. The average molecular weight is 617 g/mol. The van der Waals surface area contributed by atoms with Gasteiger partial charge < -0.3 is 14.7 Å². The van der Waals surface area contributed by atoms with Crippen LogP contribution in [0, 0.1) is 28.4 Å². The van der Waals surface area contributed by atoms with Gasteiger partial charge in [0.1, 0.15) is 17.7 Å². The second-order valence-corrected chi connectivity index (χ2v) is 16.4. The first-order valence-corrected chi connectivity index (χ1v) is 16.3. The first-order chi connectivity index (χ1) is 20.2. The van der Waals surface area contributed by atoms with Crippen LogP contribution >= 0.6 is 0 Å². The summed E-state index contributed by atoms with van der Waals surface area (Å²) in [5.41, 5.74) is -0.354. The fourth-order valence-electron chi connectivity index (χ4n) is 7.40. The van der Waals surface area contributed by atoms with Crippen molar-refractivity contribution in [1.82, 2.24) is 19.6 Å². The molecular weight excluding hydrogens is 562 g/mol. The molecular formula is C35H54F2N4O3. The molecule has 1 aliphatic carbocycles. The number of likely N-dealkylation sites (N-methyl/N-ethyl adjacent to an activating group) is 1. The molecule has 1 unspecified atom stereocenters. The summed E-state index contributed by atoms with van der Waals surface area (Å²) >= 11 is 0. The second-order valence-electron chi connectivity index (χ2n) is 16.4. The van der Waals surface area contributed by atoms with E-state index in [2.05, 4.69) is 39.5 Å². The Labute approximate surface area is 263 Å². The number of hydrogen-bond donors (Lipinski definition) is 0. The Balaban J connectivity index is 1.71. The normalized spacial score (nSPS) is 26.6. The maximum atomic E-state index is 15.2. The Bertz CT molecular complexity index is 1240. The van der Waals surface area contributed by atoms with Crippen molar-refractivity contribution in [3.05, 3.63) is 35.4 Å². The minimum Gasteiger partial charge on any atom is -0.347 e. The highest BCUT2D eigenvalue weighted by Gasteiger charge is 2.51. The summed E-state index contributed by atoms with van der Waals surface area (Å²) in [7, 11) is 3.38. The monoisotopic (exact) mass is 616 g/mol. The van der Waals surface area contributed by atoms with Crippen LogP contribution in [0.25, 0.3) is 0 Å². The zero-order chi connectivity index (χ0) is 32.9. The van der Waals surface area contributed by atoms with Gasteiger partial charge in [0.25, 0.3) is 0 Å². The number of rotatable bonds is 5. The van der Waals surface area contributed by atoms with Crippen molar-refractivity contribution in [2.45, 2.75) is 117 Å². The SMILES string of the molecule is CN(C)C(=O)[C@@H]1C[C@H](N(C(=O)C(C)(C)C)C2CCC(C)(C)CC2)CN1C(=O)C1CN(C(C)(C)C)C[C@H]1c1ccc(F)cc1F. The molecule has 0 radical (unpaired) electrons. The third-order valence-electron chi connectivity index (χ3n) is 10.2. The van der Waals surface area contributed by atoms with E-state index in [1.54, 1.807) is 19.0 Å². The van der Waals surface area contributed by atoms with E-state index in [0.717, 1.165) is 31.7 Å². The van der Waals surface area contributed by atoms with Gasteiger partial charge in [-0.25, -0.2) is 8.78 Å². The zero-order valence-electron chi connectivity index (χ0n) is 28.5. The number of carbonyl (C=O) groups is 3. The van der Waals surface area contributed by atoms with Crippen LogP contribution < -0.4 is 0 Å². The molecule has 1 aromatic carbocycles. The minimum atomic E-state index is -0.722. The van der Waals surface area contributed by atoms with Gasteiger partial charge >= 0.3 is 0 Å². The van der Waals surface area contributed by atoms with Crippen LogP contribution in [-0.4, -0.2) is 94.7 Å². The van der Waals surface area contributed by atoms with Gasteiger partial charge in [0.05, 0.1) is 12.0 Å². The van der Waals surface area contributed by atoms with E-state index < -0.39 is 34.9 Å². The molecule has 246 valence electrons. The van der Waals surface area contributed by atoms with Gasteiger partial charge in [-0.2, -0.15) is 0 Å². The van der Waals surface area contributed by atoms with Crippen molar-refractivity contribution in [2.75, 3.05) is 33.7 Å². The van der Waals surface area contributed by atoms with Crippen molar-refractivity contribution in [2.24, 2.45) is 16.7 Å². The molecule has 1 saturated carbocycles. The Morgan fingerprint density at radius 1 is 0.909 bits per heavy atom. The molecule has 7 nitrogen and oxygen atoms in total. The lowest BCUT2D eigenvalue weighted by Gasteiger charge is -2.45. The molecule has 2 aliphatic heterocycles. The summed E-state index contributed by atoms with van der Waals surface area (Å²) in [5, 5.41) is 0. The summed E-state index contributed by atoms with van der Waals surface area (Å²) < 4.78 is 29.1. The molecule has 44 heavy (non-hydrogen) atoms. The van der Waals surface area contributed by atoms with E-state index in [0.29, 0.717) is 25.1 Å². The van der Waals surface area contributed by atoms with Gasteiger partial charge in [0.2, 0.25) is 17.7 Å². The third-order valence-corrected chi connectivity index (χ3v) is 10.2. The lowest BCUT2D eigenvalue weighted by Crippen LogP contribution is -2.54. The van der Waals surface area contributed by atoms with E-state index in [9.17, 15) is 18.8 Å². The Hall–Kier alpha value is -2.55. The number of amides is 3. The molecule has 0 spiro atoms. The number of carbonyl (C=O) groups excluding carboxylic acids is 3. The molecule has 3 amide bonds. The summed E-state index contributed by atoms with van der Waals surface area (Å²) in [4.78, 5) is 49.7. The van der Waals surface area contributed by atoms with E-state index in [4.69, 9.17) is 0 Å². The Morgan fingerprint density at radius 3 is 2.05 bits per heavy atom. The highest BCUT2D eigenvalue weighted by molar-refractivity contribution is 5.90. The lowest BCUT2D eigenvalue weighted by atomic mass is 9.74. The summed E-state index contributed by atoms with van der Waals surface area (Å²) in [6, 6.07) is 2.60. The number of hydrogen-bond acceptors (Lipinski definition) is 4. The number of likely N-dealkylation sites (tertiary alicyclic amines) is 2. The van der Waals surface area contributed by atoms with Crippen LogP contribution in [0.1, 0.15) is 99.0 Å². The van der Waals surface area contributed by atoms with E-state index >= 15 is 4.39 Å². The third kappa shape index (κ3) is 7.13. The molecule has 2 heterocycles. The number of halogens is 2. The second kappa shape index (κ2) is 12.3. The molecule has 0 aromatic heterocycles. The highest BCUT2D eigenvalue weighted by Crippen LogP contribution is 2.42. The fourth-order valence-corrected chi connectivity index (χ4v) is 7.40. The van der Waals surface area contributed by atoms with Crippen LogP contribution in [0.15, 0.2) is 18.2 Å². The van der Waals surface area contributed by atoms with Crippen LogP contribution in [0.3, 0.4) is 0 Å². The van der Waals surface area contributed by atoms with Crippen molar-refractivity contribution in [3.63, 3.8) is 0 Å². The number of nitrogens with zero attached hydrogens (tertiary/aromatic N) is 4. The highest BCUT2D eigenvalue weighted by atomic mass is 19.1. The van der Waals surface area contributed by atoms with Gasteiger partial charge in [0, 0.05) is 62.7 Å². The maximum Gasteiger partial charge on any atom is 0.244 e. The van der Waals surface area contributed by atoms with E-state index in [1.807, 2.05) is 25.7 Å². The standard InChI is InChI=1S/C35H54F2N4O3/c1-33(2,3)32(44)41(23-13-15-35(7,8)16-14-23)24-18-29(31(43)38(9)10)40(19-24)30(42)27-21-39(34(4,5)6)20-26(27)25-12-11-22(36)17-28(25)37/h11-12,17,23-24,26-27,29H,13-16,18-21H2,1-10H3/t24-,26-,27?,29-/m0/s1.